The smallest absolute Gasteiger partial charge is 0.0695 e. The molecule has 0 aromatic heterocycles. The number of nitrogens with zero attached hydrogens (tertiary/aromatic N) is 2. The lowest BCUT2D eigenvalue weighted by atomic mass is 9.89. The summed E-state index contributed by atoms with van der Waals surface area (Å²) >= 11 is 0. The van der Waals surface area contributed by atoms with Gasteiger partial charge in [-0.25, -0.2) is 0 Å². The molecule has 4 unspecified atom stereocenters. The first-order valence-corrected chi connectivity index (χ1v) is 8.93. The number of aliphatic hydroxyl groups is 1. The second kappa shape index (κ2) is 6.76. The third kappa shape index (κ3) is 3.20. The van der Waals surface area contributed by atoms with Crippen molar-refractivity contribution >= 4 is 0 Å². The van der Waals surface area contributed by atoms with E-state index in [0.717, 1.165) is 12.5 Å². The molecular weight excluding hydrogens is 248 g/mol. The molecule has 0 radical (unpaired) electrons. The summed E-state index contributed by atoms with van der Waals surface area (Å²) in [5.41, 5.74) is 0. The lowest BCUT2D eigenvalue weighted by Crippen LogP contribution is -2.62. The van der Waals surface area contributed by atoms with Gasteiger partial charge in [-0.3, -0.25) is 9.80 Å². The van der Waals surface area contributed by atoms with Crippen LogP contribution in [0.3, 0.4) is 0 Å². The summed E-state index contributed by atoms with van der Waals surface area (Å²) < 4.78 is 0. The third-order valence-electron chi connectivity index (χ3n) is 5.86. The van der Waals surface area contributed by atoms with Crippen LogP contribution in [0.15, 0.2) is 0 Å². The summed E-state index contributed by atoms with van der Waals surface area (Å²) in [6, 6.07) is 1.80. The quantitative estimate of drug-likeness (QED) is 0.800. The first-order chi connectivity index (χ1) is 9.75. The van der Waals surface area contributed by atoms with Gasteiger partial charge in [0.1, 0.15) is 0 Å². The van der Waals surface area contributed by atoms with Gasteiger partial charge in [0.15, 0.2) is 0 Å². The zero-order valence-corrected chi connectivity index (χ0v) is 13.1. The van der Waals surface area contributed by atoms with Crippen molar-refractivity contribution in [3.8, 4) is 0 Å². The molecule has 1 saturated carbocycles. The Hall–Kier alpha value is -0.120. The highest BCUT2D eigenvalue weighted by atomic mass is 16.3. The molecule has 0 aromatic rings. The molecule has 0 amide bonds. The molecule has 4 atom stereocenters. The van der Waals surface area contributed by atoms with Gasteiger partial charge in [-0.05, 0) is 39.2 Å². The zero-order chi connectivity index (χ0) is 13.9. The SMILES string of the molecule is CC1CN2CCCCC2CN1C1CCCCCCC1O. The molecule has 0 spiro atoms. The largest absolute Gasteiger partial charge is 0.391 e. The monoisotopic (exact) mass is 280 g/mol. The Bertz CT molecular complexity index is 309. The fourth-order valence-electron chi connectivity index (χ4n) is 4.67. The average molecular weight is 280 g/mol. The van der Waals surface area contributed by atoms with E-state index in [1.807, 2.05) is 0 Å². The Morgan fingerprint density at radius 1 is 0.850 bits per heavy atom. The molecule has 3 aliphatic rings. The number of aliphatic hydroxyl groups excluding tert-OH is 1. The first kappa shape index (κ1) is 14.8. The summed E-state index contributed by atoms with van der Waals surface area (Å²) in [6.45, 7) is 6.09. The van der Waals surface area contributed by atoms with Crippen LogP contribution in [0, 0.1) is 0 Å². The van der Waals surface area contributed by atoms with Crippen molar-refractivity contribution < 1.29 is 5.11 Å². The van der Waals surface area contributed by atoms with Crippen LogP contribution in [0.25, 0.3) is 0 Å². The topological polar surface area (TPSA) is 26.7 Å². The van der Waals surface area contributed by atoms with Crippen molar-refractivity contribution in [2.45, 2.75) is 88.9 Å². The predicted octanol–water partition coefficient (Wildman–Crippen LogP) is 2.63. The lowest BCUT2D eigenvalue weighted by molar-refractivity contribution is -0.0504. The second-order valence-corrected chi connectivity index (χ2v) is 7.32. The maximum absolute atomic E-state index is 10.6. The number of hydrogen-bond donors (Lipinski definition) is 1. The fourth-order valence-corrected chi connectivity index (χ4v) is 4.67. The number of fused-ring (bicyclic) bond motifs is 1. The van der Waals surface area contributed by atoms with Gasteiger partial charge in [0.25, 0.3) is 0 Å². The summed E-state index contributed by atoms with van der Waals surface area (Å²) in [7, 11) is 0. The number of rotatable bonds is 1. The highest BCUT2D eigenvalue weighted by Crippen LogP contribution is 2.29. The Morgan fingerprint density at radius 3 is 2.45 bits per heavy atom. The number of piperidine rings is 1. The first-order valence-electron chi connectivity index (χ1n) is 8.93. The predicted molar refractivity (Wildman–Crippen MR) is 82.9 cm³/mol. The van der Waals surface area contributed by atoms with Crippen molar-refractivity contribution in [3.63, 3.8) is 0 Å². The van der Waals surface area contributed by atoms with E-state index >= 15 is 0 Å². The lowest BCUT2D eigenvalue weighted by Gasteiger charge is -2.51. The van der Waals surface area contributed by atoms with Crippen LogP contribution < -0.4 is 0 Å². The third-order valence-corrected chi connectivity index (χ3v) is 5.86. The Labute approximate surface area is 124 Å². The van der Waals surface area contributed by atoms with Crippen molar-refractivity contribution in [2.24, 2.45) is 0 Å². The maximum Gasteiger partial charge on any atom is 0.0695 e. The van der Waals surface area contributed by atoms with Crippen molar-refractivity contribution in [1.29, 1.82) is 0 Å². The molecule has 2 aliphatic heterocycles. The summed E-state index contributed by atoms with van der Waals surface area (Å²) in [4.78, 5) is 5.38. The molecule has 116 valence electrons. The Morgan fingerprint density at radius 2 is 1.60 bits per heavy atom. The van der Waals surface area contributed by atoms with Crippen molar-refractivity contribution in [2.75, 3.05) is 19.6 Å². The van der Waals surface area contributed by atoms with Gasteiger partial charge in [0, 0.05) is 31.2 Å². The van der Waals surface area contributed by atoms with Crippen LogP contribution >= 0.6 is 0 Å². The minimum atomic E-state index is -0.0899. The van der Waals surface area contributed by atoms with Gasteiger partial charge in [0.05, 0.1) is 6.10 Å². The highest BCUT2D eigenvalue weighted by molar-refractivity contribution is 4.94. The van der Waals surface area contributed by atoms with Gasteiger partial charge in [-0.1, -0.05) is 32.1 Å². The molecular formula is C17H32N2O. The van der Waals surface area contributed by atoms with Crippen molar-refractivity contribution in [1.82, 2.24) is 9.80 Å². The molecule has 2 heterocycles. The Kier molecular flexibility index (Phi) is 5.00. The summed E-state index contributed by atoms with van der Waals surface area (Å²) in [5, 5.41) is 10.6. The van der Waals surface area contributed by atoms with E-state index in [0.29, 0.717) is 12.1 Å². The van der Waals surface area contributed by atoms with Crippen LogP contribution in [-0.2, 0) is 0 Å². The fraction of sp³-hybridized carbons (Fsp3) is 1.00. The van der Waals surface area contributed by atoms with Crippen LogP contribution in [0.1, 0.15) is 64.7 Å². The van der Waals surface area contributed by atoms with Gasteiger partial charge in [-0.15, -0.1) is 0 Å². The molecule has 3 heteroatoms. The van der Waals surface area contributed by atoms with Crippen molar-refractivity contribution in [3.05, 3.63) is 0 Å². The van der Waals surface area contributed by atoms with E-state index in [2.05, 4.69) is 16.7 Å². The summed E-state index contributed by atoms with van der Waals surface area (Å²) in [6.07, 6.45) is 11.5. The molecule has 1 aliphatic carbocycles. The minimum Gasteiger partial charge on any atom is -0.391 e. The van der Waals surface area contributed by atoms with Gasteiger partial charge in [0.2, 0.25) is 0 Å². The minimum absolute atomic E-state index is 0.0899. The van der Waals surface area contributed by atoms with E-state index in [9.17, 15) is 5.11 Å². The van der Waals surface area contributed by atoms with Gasteiger partial charge in [-0.2, -0.15) is 0 Å². The maximum atomic E-state index is 10.6. The second-order valence-electron chi connectivity index (χ2n) is 7.32. The van der Waals surface area contributed by atoms with Gasteiger partial charge < -0.3 is 5.11 Å². The van der Waals surface area contributed by atoms with Crippen LogP contribution in [0.5, 0.6) is 0 Å². The number of piperazine rings is 1. The molecule has 3 fully saturated rings. The molecule has 3 nitrogen and oxygen atoms in total. The van der Waals surface area contributed by atoms with E-state index in [1.165, 1.54) is 71.0 Å². The molecule has 0 aromatic carbocycles. The van der Waals surface area contributed by atoms with Crippen LogP contribution in [0.2, 0.25) is 0 Å². The van der Waals surface area contributed by atoms with Crippen LogP contribution in [0.4, 0.5) is 0 Å². The standard InChI is InChI=1S/C17H32N2O/c1-14-12-18-11-7-6-8-15(18)13-19(14)16-9-4-2-3-5-10-17(16)20/h14-17,20H,2-13H2,1H3. The molecule has 0 bridgehead atoms. The average Bonchev–Trinajstić information content (AvgIpc) is 2.43. The number of hydrogen-bond acceptors (Lipinski definition) is 3. The van der Waals surface area contributed by atoms with E-state index in [-0.39, 0.29) is 6.10 Å². The van der Waals surface area contributed by atoms with Gasteiger partial charge >= 0.3 is 0 Å². The Balaban J connectivity index is 1.67. The highest BCUT2D eigenvalue weighted by Gasteiger charge is 2.38. The zero-order valence-electron chi connectivity index (χ0n) is 13.1. The van der Waals surface area contributed by atoms with E-state index in [4.69, 9.17) is 0 Å². The molecule has 1 N–H and O–H groups in total. The van der Waals surface area contributed by atoms with E-state index in [1.54, 1.807) is 0 Å². The molecule has 2 saturated heterocycles. The summed E-state index contributed by atoms with van der Waals surface area (Å²) in [5.74, 6) is 0. The molecule has 20 heavy (non-hydrogen) atoms. The van der Waals surface area contributed by atoms with E-state index < -0.39 is 0 Å². The molecule has 3 rings (SSSR count). The van der Waals surface area contributed by atoms with Crippen LogP contribution in [-0.4, -0.2) is 58.8 Å². The normalized spacial score (nSPS) is 41.7.